The van der Waals surface area contributed by atoms with Crippen LogP contribution in [0.4, 0.5) is 13.2 Å². The Morgan fingerprint density at radius 1 is 1.29 bits per heavy atom. The first-order valence-electron chi connectivity index (χ1n) is 4.01. The summed E-state index contributed by atoms with van der Waals surface area (Å²) in [5.41, 5.74) is -5.46. The van der Waals surface area contributed by atoms with E-state index < -0.39 is 21.4 Å². The Morgan fingerprint density at radius 2 is 1.88 bits per heavy atom. The average Bonchev–Trinajstić information content (AvgIpc) is 2.19. The van der Waals surface area contributed by atoms with Crippen LogP contribution in [-0.4, -0.2) is 21.0 Å². The van der Waals surface area contributed by atoms with Gasteiger partial charge in [-0.05, 0) is 28.1 Å². The van der Waals surface area contributed by atoms with Crippen molar-refractivity contribution < 1.29 is 30.5 Å². The van der Waals surface area contributed by atoms with E-state index in [0.29, 0.717) is 4.47 Å². The summed E-state index contributed by atoms with van der Waals surface area (Å²) >= 11 is 3.06. The van der Waals surface area contributed by atoms with Crippen molar-refractivity contribution in [2.45, 2.75) is 5.51 Å². The Morgan fingerprint density at radius 3 is 2.35 bits per heavy atom. The van der Waals surface area contributed by atoms with E-state index in [1.165, 1.54) is 13.2 Å². The fourth-order valence-corrected chi connectivity index (χ4v) is 1.73. The maximum absolute atomic E-state index is 12.0. The lowest BCUT2D eigenvalue weighted by Gasteiger charge is -2.10. The van der Waals surface area contributed by atoms with E-state index in [2.05, 4.69) is 20.1 Å². The zero-order valence-corrected chi connectivity index (χ0v) is 10.7. The first kappa shape index (κ1) is 14.1. The van der Waals surface area contributed by atoms with Gasteiger partial charge in [-0.1, -0.05) is 0 Å². The third-order valence-corrected chi connectivity index (χ3v) is 3.25. The molecule has 1 rings (SSSR count). The van der Waals surface area contributed by atoms with Crippen molar-refractivity contribution >= 4 is 26.0 Å². The molecule has 0 saturated carbocycles. The predicted octanol–water partition coefficient (Wildman–Crippen LogP) is 2.69. The molecule has 17 heavy (non-hydrogen) atoms. The van der Waals surface area contributed by atoms with Gasteiger partial charge in [-0.3, -0.25) is 0 Å². The fourth-order valence-electron chi connectivity index (χ4n) is 0.866. The van der Waals surface area contributed by atoms with Crippen LogP contribution in [0.5, 0.6) is 11.5 Å². The van der Waals surface area contributed by atoms with Gasteiger partial charge in [-0.25, -0.2) is 0 Å². The molecule has 0 atom stereocenters. The van der Waals surface area contributed by atoms with Gasteiger partial charge in [-0.15, -0.1) is 0 Å². The molecule has 96 valence electrons. The van der Waals surface area contributed by atoms with Crippen LogP contribution in [0.3, 0.4) is 0 Å². The quantitative estimate of drug-likeness (QED) is 0.630. The number of halogens is 4. The van der Waals surface area contributed by atoms with Gasteiger partial charge in [0.1, 0.15) is 11.5 Å². The lowest BCUT2D eigenvalue weighted by molar-refractivity contribution is -0.0500. The summed E-state index contributed by atoms with van der Waals surface area (Å²) in [7, 11) is -4.38. The second-order valence-electron chi connectivity index (χ2n) is 2.78. The third-order valence-electron chi connectivity index (χ3n) is 1.61. The van der Waals surface area contributed by atoms with E-state index in [0.717, 1.165) is 12.1 Å². The normalized spacial score (nSPS) is 12.3. The van der Waals surface area contributed by atoms with Crippen molar-refractivity contribution in [3.05, 3.63) is 22.7 Å². The molecule has 0 bridgehead atoms. The van der Waals surface area contributed by atoms with Gasteiger partial charge in [0.25, 0.3) is 0 Å². The number of benzene rings is 1. The van der Waals surface area contributed by atoms with Gasteiger partial charge in [0.2, 0.25) is 0 Å². The van der Waals surface area contributed by atoms with Crippen LogP contribution < -0.4 is 8.92 Å². The van der Waals surface area contributed by atoms with E-state index in [-0.39, 0.29) is 5.75 Å². The molecule has 0 spiro atoms. The van der Waals surface area contributed by atoms with Gasteiger partial charge in [0.05, 0.1) is 11.6 Å². The average molecular weight is 335 g/mol. The molecule has 0 aliphatic carbocycles. The zero-order chi connectivity index (χ0) is 13.3. The van der Waals surface area contributed by atoms with Gasteiger partial charge in [0.15, 0.2) is 0 Å². The summed E-state index contributed by atoms with van der Waals surface area (Å²) in [6.07, 6.45) is 0. The molecule has 1 aromatic rings. The molecule has 0 N–H and O–H groups in total. The van der Waals surface area contributed by atoms with Crippen LogP contribution in [0.25, 0.3) is 0 Å². The highest BCUT2D eigenvalue weighted by atomic mass is 79.9. The van der Waals surface area contributed by atoms with Crippen LogP contribution in [0.2, 0.25) is 0 Å². The molecule has 0 amide bonds. The molecule has 0 unspecified atom stereocenters. The monoisotopic (exact) mass is 334 g/mol. The van der Waals surface area contributed by atoms with Crippen LogP contribution >= 0.6 is 15.9 Å². The lowest BCUT2D eigenvalue weighted by atomic mass is 10.3. The maximum Gasteiger partial charge on any atom is 0.534 e. The van der Waals surface area contributed by atoms with Gasteiger partial charge < -0.3 is 8.92 Å². The standard InChI is InChI=1S/C8H6BrF3O4S/c1-15-7-4-5(2-3-6(7)9)16-17(13,14)8(10,11)12/h2-4H,1H3. The van der Waals surface area contributed by atoms with Crippen LogP contribution in [0, 0.1) is 0 Å². The van der Waals surface area contributed by atoms with E-state index in [4.69, 9.17) is 4.74 Å². The Hall–Kier alpha value is -0.960. The minimum Gasteiger partial charge on any atom is -0.495 e. The van der Waals surface area contributed by atoms with Crippen molar-refractivity contribution in [1.29, 1.82) is 0 Å². The van der Waals surface area contributed by atoms with Crippen molar-refractivity contribution in [3.63, 3.8) is 0 Å². The molecule has 1 aromatic carbocycles. The summed E-state index contributed by atoms with van der Waals surface area (Å²) in [6.45, 7) is 0. The molecule has 0 saturated heterocycles. The van der Waals surface area contributed by atoms with Crippen molar-refractivity contribution in [1.82, 2.24) is 0 Å². The Kier molecular flexibility index (Phi) is 3.92. The van der Waals surface area contributed by atoms with Crippen molar-refractivity contribution in [2.24, 2.45) is 0 Å². The molecular formula is C8H6BrF3O4S. The second kappa shape index (κ2) is 4.73. The molecule has 0 aromatic heterocycles. The first-order valence-corrected chi connectivity index (χ1v) is 6.22. The summed E-state index contributed by atoms with van der Waals surface area (Å²) in [5.74, 6) is -0.331. The maximum atomic E-state index is 12.0. The molecular weight excluding hydrogens is 329 g/mol. The highest BCUT2D eigenvalue weighted by Gasteiger charge is 2.48. The number of ether oxygens (including phenoxy) is 1. The third kappa shape index (κ3) is 3.25. The molecule has 0 radical (unpaired) electrons. The molecule has 9 heteroatoms. The summed E-state index contributed by atoms with van der Waals surface area (Å²) in [5, 5.41) is 0. The Balaban J connectivity index is 3.05. The Labute approximate surface area is 104 Å². The minimum absolute atomic E-state index is 0.153. The second-order valence-corrected chi connectivity index (χ2v) is 5.17. The minimum atomic E-state index is -5.66. The van der Waals surface area contributed by atoms with E-state index in [1.54, 1.807) is 0 Å². The number of alkyl halides is 3. The summed E-state index contributed by atoms with van der Waals surface area (Å²) < 4.78 is 66.6. The molecule has 0 heterocycles. The van der Waals surface area contributed by atoms with E-state index in [1.807, 2.05) is 0 Å². The molecule has 0 aliphatic rings. The molecule has 0 aliphatic heterocycles. The number of hydrogen-bond donors (Lipinski definition) is 0. The predicted molar refractivity (Wildman–Crippen MR) is 56.3 cm³/mol. The zero-order valence-electron chi connectivity index (χ0n) is 8.29. The van der Waals surface area contributed by atoms with Crippen LogP contribution in [0.15, 0.2) is 22.7 Å². The molecule has 4 nitrogen and oxygen atoms in total. The number of rotatable bonds is 3. The smallest absolute Gasteiger partial charge is 0.495 e. The summed E-state index contributed by atoms with van der Waals surface area (Å²) in [4.78, 5) is 0. The topological polar surface area (TPSA) is 52.6 Å². The SMILES string of the molecule is COc1cc(OS(=O)(=O)C(F)(F)F)ccc1Br. The Bertz CT molecular complexity index is 512. The van der Waals surface area contributed by atoms with Crippen molar-refractivity contribution in [2.75, 3.05) is 7.11 Å². The number of methoxy groups -OCH3 is 1. The first-order chi connectivity index (χ1) is 7.67. The lowest BCUT2D eigenvalue weighted by Crippen LogP contribution is -2.28. The fraction of sp³-hybridized carbons (Fsp3) is 0.250. The van der Waals surface area contributed by atoms with Gasteiger partial charge in [0, 0.05) is 6.07 Å². The summed E-state index contributed by atoms with van der Waals surface area (Å²) in [6, 6.07) is 3.39. The van der Waals surface area contributed by atoms with E-state index >= 15 is 0 Å². The van der Waals surface area contributed by atoms with Gasteiger partial charge >= 0.3 is 15.6 Å². The van der Waals surface area contributed by atoms with Crippen LogP contribution in [-0.2, 0) is 10.1 Å². The largest absolute Gasteiger partial charge is 0.534 e. The number of hydrogen-bond acceptors (Lipinski definition) is 4. The highest BCUT2D eigenvalue weighted by Crippen LogP contribution is 2.32. The van der Waals surface area contributed by atoms with Crippen molar-refractivity contribution in [3.8, 4) is 11.5 Å². The van der Waals surface area contributed by atoms with Crippen LogP contribution in [0.1, 0.15) is 0 Å². The van der Waals surface area contributed by atoms with Gasteiger partial charge in [-0.2, -0.15) is 21.6 Å². The molecule has 0 fully saturated rings. The highest BCUT2D eigenvalue weighted by molar-refractivity contribution is 9.10. The van der Waals surface area contributed by atoms with E-state index in [9.17, 15) is 21.6 Å².